The van der Waals surface area contributed by atoms with Crippen LogP contribution in [0.25, 0.3) is 0 Å². The zero-order valence-electron chi connectivity index (χ0n) is 14.7. The van der Waals surface area contributed by atoms with Gasteiger partial charge >= 0.3 is 0 Å². The molecule has 0 aliphatic carbocycles. The summed E-state index contributed by atoms with van der Waals surface area (Å²) in [6.07, 6.45) is 3.50. The molecule has 1 amide bonds. The van der Waals surface area contributed by atoms with Gasteiger partial charge in [0.1, 0.15) is 12.4 Å². The third-order valence-corrected chi connectivity index (χ3v) is 5.87. The lowest BCUT2D eigenvalue weighted by Crippen LogP contribution is -2.25. The van der Waals surface area contributed by atoms with E-state index in [-0.39, 0.29) is 5.91 Å². The molecule has 3 aromatic rings. The van der Waals surface area contributed by atoms with Crippen molar-refractivity contribution < 1.29 is 4.79 Å². The van der Waals surface area contributed by atoms with Crippen molar-refractivity contribution in [3.8, 4) is 0 Å². The molecule has 3 heterocycles. The van der Waals surface area contributed by atoms with E-state index in [4.69, 9.17) is 0 Å². The van der Waals surface area contributed by atoms with Gasteiger partial charge < -0.3 is 5.32 Å². The normalized spacial score (nSPS) is 11.1. The second-order valence-corrected chi connectivity index (χ2v) is 7.45. The summed E-state index contributed by atoms with van der Waals surface area (Å²) in [5.41, 5.74) is 3.23. The number of nitrogens with zero attached hydrogens (tertiary/aromatic N) is 6. The molecule has 10 heteroatoms. The van der Waals surface area contributed by atoms with Crippen molar-refractivity contribution >= 4 is 37.8 Å². The molecule has 0 spiro atoms. The first-order valence-corrected chi connectivity index (χ1v) is 9.70. The van der Waals surface area contributed by atoms with E-state index in [1.54, 1.807) is 23.1 Å². The molecule has 26 heavy (non-hydrogen) atoms. The van der Waals surface area contributed by atoms with Gasteiger partial charge in [-0.25, -0.2) is 4.68 Å². The lowest BCUT2D eigenvalue weighted by atomic mass is 10.3. The van der Waals surface area contributed by atoms with Crippen LogP contribution in [0.2, 0.25) is 0 Å². The van der Waals surface area contributed by atoms with Crippen molar-refractivity contribution in [2.45, 2.75) is 40.5 Å². The van der Waals surface area contributed by atoms with Gasteiger partial charge in [-0.2, -0.15) is 15.3 Å². The van der Waals surface area contributed by atoms with E-state index in [9.17, 15) is 4.79 Å². The van der Waals surface area contributed by atoms with Gasteiger partial charge in [0.15, 0.2) is 0 Å². The minimum atomic E-state index is -0.228. The molecule has 8 nitrogen and oxygen atoms in total. The van der Waals surface area contributed by atoms with Crippen molar-refractivity contribution in [1.29, 1.82) is 0 Å². The van der Waals surface area contributed by atoms with Crippen molar-refractivity contribution in [2.75, 3.05) is 0 Å². The largest absolute Gasteiger partial charge is 0.345 e. The maximum Gasteiger partial charge on any atom is 0.272 e. The van der Waals surface area contributed by atoms with Gasteiger partial charge in [0, 0.05) is 12.7 Å². The Hall–Kier alpha value is -1.94. The molecule has 0 bridgehead atoms. The van der Waals surface area contributed by atoms with E-state index < -0.39 is 0 Å². The molecule has 138 valence electrons. The third-order valence-electron chi connectivity index (χ3n) is 4.06. The molecule has 0 saturated carbocycles. The van der Waals surface area contributed by atoms with Crippen LogP contribution >= 0.6 is 31.9 Å². The zero-order valence-corrected chi connectivity index (χ0v) is 17.9. The Balaban J connectivity index is 1.66. The van der Waals surface area contributed by atoms with Crippen LogP contribution < -0.4 is 5.32 Å². The van der Waals surface area contributed by atoms with Crippen LogP contribution in [0.15, 0.2) is 27.4 Å². The van der Waals surface area contributed by atoms with E-state index >= 15 is 0 Å². The number of hydrogen-bond acceptors (Lipinski definition) is 4. The Morgan fingerprint density at radius 1 is 1.23 bits per heavy atom. The molecule has 0 radical (unpaired) electrons. The quantitative estimate of drug-likeness (QED) is 0.583. The third kappa shape index (κ3) is 3.75. The van der Waals surface area contributed by atoms with E-state index in [0.29, 0.717) is 18.9 Å². The first-order chi connectivity index (χ1) is 12.4. The highest BCUT2D eigenvalue weighted by atomic mass is 79.9. The standard InChI is InChI=1S/C16H19Br2N7O/c1-4-24-14(12(17)7-20-24)8-19-16(26)13-5-6-23(22-13)9-25-11(3)15(18)10(2)21-25/h5-7H,4,8-9H2,1-3H3,(H,19,26). The minimum absolute atomic E-state index is 0.228. The molecule has 0 atom stereocenters. The van der Waals surface area contributed by atoms with Gasteiger partial charge in [-0.15, -0.1) is 0 Å². The Bertz CT molecular complexity index is 941. The zero-order chi connectivity index (χ0) is 18.8. The van der Waals surface area contributed by atoms with Crippen LogP contribution in [0.3, 0.4) is 0 Å². The number of carbonyl (C=O) groups excluding carboxylic acids is 1. The van der Waals surface area contributed by atoms with Crippen molar-refractivity contribution in [1.82, 2.24) is 34.7 Å². The Morgan fingerprint density at radius 2 is 2.00 bits per heavy atom. The van der Waals surface area contributed by atoms with Crippen LogP contribution in [0.4, 0.5) is 0 Å². The summed E-state index contributed by atoms with van der Waals surface area (Å²) >= 11 is 6.96. The number of halogens is 2. The lowest BCUT2D eigenvalue weighted by Gasteiger charge is -2.07. The fraction of sp³-hybridized carbons (Fsp3) is 0.375. The molecule has 1 N–H and O–H groups in total. The first-order valence-electron chi connectivity index (χ1n) is 8.12. The molecule has 0 aromatic carbocycles. The van der Waals surface area contributed by atoms with Gasteiger partial charge in [0.05, 0.1) is 38.8 Å². The minimum Gasteiger partial charge on any atom is -0.345 e. The van der Waals surface area contributed by atoms with Crippen molar-refractivity contribution in [3.05, 3.63) is 50.2 Å². The second kappa shape index (κ2) is 7.75. The fourth-order valence-corrected chi connectivity index (χ4v) is 3.32. The average Bonchev–Trinajstić information content (AvgIpc) is 3.29. The van der Waals surface area contributed by atoms with E-state index in [1.165, 1.54) is 0 Å². The van der Waals surface area contributed by atoms with Crippen LogP contribution in [0.5, 0.6) is 0 Å². The number of aromatic nitrogens is 6. The topological polar surface area (TPSA) is 82.6 Å². The van der Waals surface area contributed by atoms with Gasteiger partial charge in [0.25, 0.3) is 5.91 Å². The van der Waals surface area contributed by atoms with Gasteiger partial charge in [-0.05, 0) is 58.7 Å². The predicted molar refractivity (Wildman–Crippen MR) is 104 cm³/mol. The molecule has 3 aromatic heterocycles. The maximum absolute atomic E-state index is 12.4. The van der Waals surface area contributed by atoms with Crippen LogP contribution in [0, 0.1) is 13.8 Å². The molecule has 0 aliphatic rings. The first kappa shape index (κ1) is 18.8. The lowest BCUT2D eigenvalue weighted by molar-refractivity contribution is 0.0944. The molecular formula is C16H19Br2N7O. The monoisotopic (exact) mass is 483 g/mol. The summed E-state index contributed by atoms with van der Waals surface area (Å²) < 4.78 is 7.22. The van der Waals surface area contributed by atoms with E-state index in [0.717, 1.165) is 32.6 Å². The highest BCUT2D eigenvalue weighted by molar-refractivity contribution is 9.10. The van der Waals surface area contributed by atoms with E-state index in [2.05, 4.69) is 52.5 Å². The summed E-state index contributed by atoms with van der Waals surface area (Å²) in [5.74, 6) is -0.228. The number of amides is 1. The summed E-state index contributed by atoms with van der Waals surface area (Å²) in [6.45, 7) is 7.49. The molecule has 3 rings (SSSR count). The maximum atomic E-state index is 12.4. The fourth-order valence-electron chi connectivity index (χ4n) is 2.60. The summed E-state index contributed by atoms with van der Waals surface area (Å²) in [4.78, 5) is 12.4. The number of hydrogen-bond donors (Lipinski definition) is 1. The van der Waals surface area contributed by atoms with Crippen molar-refractivity contribution in [3.63, 3.8) is 0 Å². The number of nitrogens with one attached hydrogen (secondary N) is 1. The highest BCUT2D eigenvalue weighted by Gasteiger charge is 2.14. The SMILES string of the molecule is CCn1ncc(Br)c1CNC(=O)c1ccn(Cn2nc(C)c(Br)c2C)n1. The average molecular weight is 485 g/mol. The van der Waals surface area contributed by atoms with Gasteiger partial charge in [-0.1, -0.05) is 0 Å². The summed E-state index contributed by atoms with van der Waals surface area (Å²) in [7, 11) is 0. The van der Waals surface area contributed by atoms with Crippen molar-refractivity contribution in [2.24, 2.45) is 0 Å². The Morgan fingerprint density at radius 3 is 2.65 bits per heavy atom. The highest BCUT2D eigenvalue weighted by Crippen LogP contribution is 2.19. The Labute approximate surface area is 167 Å². The van der Waals surface area contributed by atoms with Crippen LogP contribution in [-0.2, 0) is 19.8 Å². The van der Waals surface area contributed by atoms with Crippen LogP contribution in [0.1, 0.15) is 34.5 Å². The second-order valence-electron chi connectivity index (χ2n) is 5.80. The molecule has 0 aliphatic heterocycles. The smallest absolute Gasteiger partial charge is 0.272 e. The number of rotatable bonds is 6. The summed E-state index contributed by atoms with van der Waals surface area (Å²) in [5, 5.41) is 15.9. The van der Waals surface area contributed by atoms with E-state index in [1.807, 2.05) is 30.1 Å². The van der Waals surface area contributed by atoms with Gasteiger partial charge in [0.2, 0.25) is 0 Å². The Kier molecular flexibility index (Phi) is 5.61. The molecule has 0 saturated heterocycles. The summed E-state index contributed by atoms with van der Waals surface area (Å²) in [6, 6.07) is 1.70. The number of carbonyl (C=O) groups is 1. The molecular weight excluding hydrogens is 466 g/mol. The molecule has 0 unspecified atom stereocenters. The van der Waals surface area contributed by atoms with Crippen LogP contribution in [-0.4, -0.2) is 35.2 Å². The predicted octanol–water partition coefficient (Wildman–Crippen LogP) is 2.87. The van der Waals surface area contributed by atoms with Gasteiger partial charge in [-0.3, -0.25) is 14.2 Å². The molecule has 0 fully saturated rings. The number of aryl methyl sites for hydroxylation is 2.